The largest absolute Gasteiger partial charge is 0.308 e. The Balaban J connectivity index is 1.28. The molecule has 0 aliphatic carbocycles. The van der Waals surface area contributed by atoms with E-state index in [4.69, 9.17) is 4.98 Å². The van der Waals surface area contributed by atoms with Crippen molar-refractivity contribution in [2.75, 3.05) is 11.4 Å². The van der Waals surface area contributed by atoms with Gasteiger partial charge >= 0.3 is 0 Å². The predicted octanol–water partition coefficient (Wildman–Crippen LogP) is 4.04. The zero-order chi connectivity index (χ0) is 22.5. The summed E-state index contributed by atoms with van der Waals surface area (Å²) in [5.74, 6) is 1.86. The van der Waals surface area contributed by atoms with Gasteiger partial charge in [0.15, 0.2) is 0 Å². The lowest BCUT2D eigenvalue weighted by Gasteiger charge is -2.16. The molecule has 2 aromatic carbocycles. The van der Waals surface area contributed by atoms with Crippen LogP contribution < -0.4 is 4.90 Å². The molecule has 5 aromatic rings. The lowest BCUT2D eigenvalue weighted by molar-refractivity contribution is 0.0988. The molecular formula is C24H21N7OS. The number of imidazole rings is 1. The van der Waals surface area contributed by atoms with Crippen LogP contribution in [0.15, 0.2) is 59.8 Å². The number of amides is 1. The summed E-state index contributed by atoms with van der Waals surface area (Å²) in [4.78, 5) is 29.1. The lowest BCUT2D eigenvalue weighted by Crippen LogP contribution is -2.30. The van der Waals surface area contributed by atoms with E-state index in [0.717, 1.165) is 34.5 Å². The Morgan fingerprint density at radius 1 is 1.00 bits per heavy atom. The van der Waals surface area contributed by atoms with Gasteiger partial charge in [-0.3, -0.25) is 9.69 Å². The fourth-order valence-electron chi connectivity index (χ4n) is 4.33. The van der Waals surface area contributed by atoms with Gasteiger partial charge in [0, 0.05) is 35.8 Å². The highest BCUT2D eigenvalue weighted by atomic mass is 32.2. The first-order chi connectivity index (χ1) is 16.1. The van der Waals surface area contributed by atoms with E-state index in [0.29, 0.717) is 34.7 Å². The second-order valence-corrected chi connectivity index (χ2v) is 9.04. The summed E-state index contributed by atoms with van der Waals surface area (Å²) < 4.78 is 3.86. The molecule has 3 aromatic heterocycles. The summed E-state index contributed by atoms with van der Waals surface area (Å²) in [6, 6.07) is 17.7. The fraction of sp³-hybridized carbons (Fsp3) is 0.208. The van der Waals surface area contributed by atoms with Gasteiger partial charge < -0.3 is 4.57 Å². The minimum Gasteiger partial charge on any atom is -0.308 e. The van der Waals surface area contributed by atoms with Crippen LogP contribution in [0.3, 0.4) is 0 Å². The molecule has 0 saturated heterocycles. The third-order valence-corrected chi connectivity index (χ3v) is 6.76. The number of nitrogens with zero attached hydrogens (tertiary/aromatic N) is 7. The Morgan fingerprint density at radius 2 is 1.82 bits per heavy atom. The van der Waals surface area contributed by atoms with Gasteiger partial charge in [-0.1, -0.05) is 42.1 Å². The van der Waals surface area contributed by atoms with Gasteiger partial charge in [0.1, 0.15) is 0 Å². The SMILES string of the molecule is Cc1cc(C)n2nc(SCc3ccccc3C(=O)N3CCn4c3nc3ccccc34)nc2n1. The molecule has 0 unspecified atom stereocenters. The highest BCUT2D eigenvalue weighted by Crippen LogP contribution is 2.30. The number of hydrogen-bond donors (Lipinski definition) is 0. The molecule has 0 radical (unpaired) electrons. The smallest absolute Gasteiger partial charge is 0.260 e. The van der Waals surface area contributed by atoms with E-state index in [2.05, 4.69) is 19.6 Å². The minimum atomic E-state index is -0.0312. The number of anilines is 1. The van der Waals surface area contributed by atoms with Gasteiger partial charge in [0.25, 0.3) is 11.7 Å². The molecule has 164 valence electrons. The average Bonchev–Trinajstić information content (AvgIpc) is 3.51. The van der Waals surface area contributed by atoms with Crippen LogP contribution in [0.4, 0.5) is 5.95 Å². The number of carbonyl (C=O) groups excluding carboxylic acids is 1. The molecule has 0 N–H and O–H groups in total. The number of para-hydroxylation sites is 2. The maximum absolute atomic E-state index is 13.6. The van der Waals surface area contributed by atoms with Crippen molar-refractivity contribution in [3.8, 4) is 0 Å². The Labute approximate surface area is 194 Å². The van der Waals surface area contributed by atoms with E-state index in [1.165, 1.54) is 11.8 Å². The van der Waals surface area contributed by atoms with Gasteiger partial charge in [0.05, 0.1) is 11.0 Å². The normalized spacial score (nSPS) is 13.2. The molecule has 1 aliphatic heterocycles. The third kappa shape index (κ3) is 3.36. The fourth-order valence-corrected chi connectivity index (χ4v) is 5.16. The van der Waals surface area contributed by atoms with Crippen molar-refractivity contribution in [2.45, 2.75) is 31.3 Å². The topological polar surface area (TPSA) is 81.2 Å². The van der Waals surface area contributed by atoms with E-state index in [1.54, 1.807) is 9.42 Å². The molecule has 8 nitrogen and oxygen atoms in total. The number of aromatic nitrogens is 6. The van der Waals surface area contributed by atoms with Gasteiger partial charge in [-0.15, -0.1) is 5.10 Å². The molecule has 33 heavy (non-hydrogen) atoms. The summed E-state index contributed by atoms with van der Waals surface area (Å²) in [6.45, 7) is 5.30. The number of carbonyl (C=O) groups is 1. The number of rotatable bonds is 4. The first kappa shape index (κ1) is 19.9. The van der Waals surface area contributed by atoms with Crippen LogP contribution in [-0.4, -0.2) is 41.6 Å². The standard InChI is InChI=1S/C24H21N7OS/c1-15-13-16(2)31-22(25-15)27-23(28-31)33-14-17-7-3-4-8-18(17)21(32)30-12-11-29-20-10-6-5-9-19(20)26-24(29)30/h3-10,13H,11-12,14H2,1-2H3. The second-order valence-electron chi connectivity index (χ2n) is 8.10. The summed E-state index contributed by atoms with van der Waals surface area (Å²) >= 11 is 1.50. The summed E-state index contributed by atoms with van der Waals surface area (Å²) in [5.41, 5.74) is 5.50. The zero-order valence-corrected chi connectivity index (χ0v) is 19.1. The maximum atomic E-state index is 13.6. The first-order valence-electron chi connectivity index (χ1n) is 10.8. The third-order valence-electron chi connectivity index (χ3n) is 5.87. The van der Waals surface area contributed by atoms with Gasteiger partial charge in [0.2, 0.25) is 11.1 Å². The molecule has 9 heteroatoms. The van der Waals surface area contributed by atoms with Gasteiger partial charge in [-0.25, -0.2) is 14.5 Å². The Kier molecular flexibility index (Phi) is 4.65. The van der Waals surface area contributed by atoms with E-state index in [9.17, 15) is 4.79 Å². The molecule has 4 heterocycles. The monoisotopic (exact) mass is 455 g/mol. The van der Waals surface area contributed by atoms with Crippen LogP contribution in [0.25, 0.3) is 16.8 Å². The predicted molar refractivity (Wildman–Crippen MR) is 128 cm³/mol. The molecular weight excluding hydrogens is 434 g/mol. The molecule has 1 amide bonds. The molecule has 0 saturated carbocycles. The number of thioether (sulfide) groups is 1. The minimum absolute atomic E-state index is 0.0312. The Bertz CT molecular complexity index is 1540. The molecule has 1 aliphatic rings. The Hall–Kier alpha value is -3.72. The van der Waals surface area contributed by atoms with E-state index in [-0.39, 0.29) is 5.91 Å². The zero-order valence-electron chi connectivity index (χ0n) is 18.3. The van der Waals surface area contributed by atoms with Crippen molar-refractivity contribution in [3.05, 3.63) is 77.1 Å². The van der Waals surface area contributed by atoms with Gasteiger partial charge in [-0.2, -0.15) is 4.98 Å². The van der Waals surface area contributed by atoms with Crippen LogP contribution in [-0.2, 0) is 12.3 Å². The van der Waals surface area contributed by atoms with Gasteiger partial charge in [-0.05, 0) is 43.7 Å². The van der Waals surface area contributed by atoms with Crippen molar-refractivity contribution in [1.82, 2.24) is 29.1 Å². The number of aryl methyl sites for hydroxylation is 2. The molecule has 0 bridgehead atoms. The van der Waals surface area contributed by atoms with E-state index in [1.807, 2.05) is 68.4 Å². The van der Waals surface area contributed by atoms with Crippen molar-refractivity contribution in [2.24, 2.45) is 0 Å². The second kappa shape index (κ2) is 7.70. The lowest BCUT2D eigenvalue weighted by atomic mass is 10.1. The number of benzene rings is 2. The van der Waals surface area contributed by atoms with E-state index < -0.39 is 0 Å². The summed E-state index contributed by atoms with van der Waals surface area (Å²) in [6.07, 6.45) is 0. The number of fused-ring (bicyclic) bond motifs is 4. The number of hydrogen-bond acceptors (Lipinski definition) is 6. The van der Waals surface area contributed by atoms with Crippen molar-refractivity contribution >= 4 is 40.4 Å². The molecule has 0 spiro atoms. The summed E-state index contributed by atoms with van der Waals surface area (Å²) in [5, 5.41) is 5.21. The first-order valence-corrected chi connectivity index (χ1v) is 11.8. The summed E-state index contributed by atoms with van der Waals surface area (Å²) in [7, 11) is 0. The molecule has 0 fully saturated rings. The van der Waals surface area contributed by atoms with Crippen LogP contribution >= 0.6 is 11.8 Å². The molecule has 6 rings (SSSR count). The van der Waals surface area contributed by atoms with Crippen LogP contribution in [0.5, 0.6) is 0 Å². The highest BCUT2D eigenvalue weighted by molar-refractivity contribution is 7.98. The van der Waals surface area contributed by atoms with Crippen molar-refractivity contribution in [3.63, 3.8) is 0 Å². The van der Waals surface area contributed by atoms with Crippen LogP contribution in [0, 0.1) is 13.8 Å². The molecule has 0 atom stereocenters. The average molecular weight is 456 g/mol. The van der Waals surface area contributed by atoms with E-state index >= 15 is 0 Å². The maximum Gasteiger partial charge on any atom is 0.260 e. The Morgan fingerprint density at radius 3 is 2.73 bits per heavy atom. The van der Waals surface area contributed by atoms with Crippen LogP contribution in [0.2, 0.25) is 0 Å². The van der Waals surface area contributed by atoms with Crippen molar-refractivity contribution in [1.29, 1.82) is 0 Å². The van der Waals surface area contributed by atoms with Crippen LogP contribution in [0.1, 0.15) is 27.3 Å². The highest BCUT2D eigenvalue weighted by Gasteiger charge is 2.30. The van der Waals surface area contributed by atoms with Crippen molar-refractivity contribution < 1.29 is 4.79 Å². The quantitative estimate of drug-likeness (QED) is 0.381.